The molecule has 0 spiro atoms. The van der Waals surface area contributed by atoms with E-state index in [2.05, 4.69) is 20.7 Å². The molecule has 0 saturated carbocycles. The summed E-state index contributed by atoms with van der Waals surface area (Å²) in [5.74, 6) is 1.06. The Hall–Kier alpha value is -3.12. The predicted molar refractivity (Wildman–Crippen MR) is 116 cm³/mol. The number of fused-ring (bicyclic) bond motifs is 1. The molecule has 1 aromatic carbocycles. The number of hydrogen-bond acceptors (Lipinski definition) is 9. The summed E-state index contributed by atoms with van der Waals surface area (Å²) in [7, 11) is 3.04. The normalized spacial score (nSPS) is 10.6. The van der Waals surface area contributed by atoms with E-state index in [4.69, 9.17) is 9.47 Å². The Bertz CT molecular complexity index is 1140. The van der Waals surface area contributed by atoms with Crippen molar-refractivity contribution in [3.8, 4) is 11.5 Å². The number of rotatable bonds is 8. The highest BCUT2D eigenvalue weighted by molar-refractivity contribution is 8.00. The van der Waals surface area contributed by atoms with Gasteiger partial charge in [-0.2, -0.15) is 14.6 Å². The van der Waals surface area contributed by atoms with Crippen molar-refractivity contribution >= 4 is 51.4 Å². The first-order valence-electron chi connectivity index (χ1n) is 8.66. The average molecular weight is 450 g/mol. The fourth-order valence-electron chi connectivity index (χ4n) is 2.44. The van der Waals surface area contributed by atoms with E-state index in [1.54, 1.807) is 30.5 Å². The molecule has 0 saturated heterocycles. The maximum atomic E-state index is 12.2. The van der Waals surface area contributed by atoms with E-state index < -0.39 is 5.56 Å². The number of nitrogens with one attached hydrogen (secondary N) is 2. The second-order valence-corrected chi connectivity index (χ2v) is 7.80. The number of aromatic nitrogens is 3. The Kier molecular flexibility index (Phi) is 6.90. The van der Waals surface area contributed by atoms with Gasteiger partial charge in [-0.25, -0.2) is 0 Å². The van der Waals surface area contributed by atoms with Gasteiger partial charge in [-0.15, -0.1) is 23.1 Å². The molecule has 2 aromatic heterocycles. The SMILES string of the molecule is COc1ccc(OC)c(NC(=O)CSCC(=O)Nc2csc3nc(=O)c(C)nn23)c1. The maximum Gasteiger partial charge on any atom is 0.295 e. The molecule has 0 radical (unpaired) electrons. The van der Waals surface area contributed by atoms with Crippen LogP contribution in [0.2, 0.25) is 0 Å². The lowest BCUT2D eigenvalue weighted by Gasteiger charge is -2.11. The number of carbonyl (C=O) groups excluding carboxylic acids is 2. The summed E-state index contributed by atoms with van der Waals surface area (Å²) in [6.45, 7) is 1.55. The fourth-order valence-corrected chi connectivity index (χ4v) is 3.81. The Labute approximate surface area is 179 Å². The third-order valence-corrected chi connectivity index (χ3v) is 5.61. The zero-order valence-corrected chi connectivity index (χ0v) is 18.1. The van der Waals surface area contributed by atoms with Crippen LogP contribution >= 0.6 is 23.1 Å². The number of thiazole rings is 1. The minimum Gasteiger partial charge on any atom is -0.497 e. The molecular formula is C18H19N5O5S2. The summed E-state index contributed by atoms with van der Waals surface area (Å²) >= 11 is 2.35. The highest BCUT2D eigenvalue weighted by Gasteiger charge is 2.13. The van der Waals surface area contributed by atoms with E-state index in [0.29, 0.717) is 28.0 Å². The monoisotopic (exact) mass is 449 g/mol. The van der Waals surface area contributed by atoms with Gasteiger partial charge in [0.15, 0.2) is 0 Å². The van der Waals surface area contributed by atoms with Gasteiger partial charge in [0.2, 0.25) is 16.8 Å². The predicted octanol–water partition coefficient (Wildman–Crippen LogP) is 1.79. The second-order valence-electron chi connectivity index (χ2n) is 5.97. The molecule has 2 heterocycles. The van der Waals surface area contributed by atoms with E-state index in [9.17, 15) is 14.4 Å². The number of carbonyl (C=O) groups is 2. The smallest absolute Gasteiger partial charge is 0.295 e. The average Bonchev–Trinajstić information content (AvgIpc) is 3.09. The van der Waals surface area contributed by atoms with Crippen LogP contribution in [-0.2, 0) is 9.59 Å². The molecule has 2 N–H and O–H groups in total. The van der Waals surface area contributed by atoms with Gasteiger partial charge in [-0.1, -0.05) is 0 Å². The summed E-state index contributed by atoms with van der Waals surface area (Å²) in [6.07, 6.45) is 0. The molecule has 0 unspecified atom stereocenters. The number of nitrogens with zero attached hydrogens (tertiary/aromatic N) is 3. The number of amides is 2. The Balaban J connectivity index is 1.53. The summed E-state index contributed by atoms with van der Waals surface area (Å²) in [4.78, 5) is 40.3. The van der Waals surface area contributed by atoms with Crippen LogP contribution in [0.25, 0.3) is 4.96 Å². The van der Waals surface area contributed by atoms with Crippen molar-refractivity contribution in [2.75, 3.05) is 36.4 Å². The number of thioether (sulfide) groups is 1. The van der Waals surface area contributed by atoms with Crippen molar-refractivity contribution in [2.45, 2.75) is 6.92 Å². The first-order chi connectivity index (χ1) is 14.4. The molecule has 3 rings (SSSR count). The van der Waals surface area contributed by atoms with Crippen molar-refractivity contribution < 1.29 is 19.1 Å². The molecule has 10 nitrogen and oxygen atoms in total. The van der Waals surface area contributed by atoms with Crippen molar-refractivity contribution in [1.29, 1.82) is 0 Å². The number of hydrogen-bond donors (Lipinski definition) is 2. The summed E-state index contributed by atoms with van der Waals surface area (Å²) in [5, 5.41) is 11.2. The van der Waals surface area contributed by atoms with Gasteiger partial charge >= 0.3 is 0 Å². The number of methoxy groups -OCH3 is 2. The molecular weight excluding hydrogens is 430 g/mol. The summed E-state index contributed by atoms with van der Waals surface area (Å²) in [6, 6.07) is 5.07. The Morgan fingerprint density at radius 1 is 1.17 bits per heavy atom. The van der Waals surface area contributed by atoms with Crippen molar-refractivity contribution in [3.63, 3.8) is 0 Å². The first kappa shape index (κ1) is 21.6. The van der Waals surface area contributed by atoms with E-state index >= 15 is 0 Å². The van der Waals surface area contributed by atoms with Crippen LogP contribution in [0.1, 0.15) is 5.69 Å². The number of anilines is 2. The molecule has 0 aliphatic carbocycles. The molecule has 158 valence electrons. The zero-order chi connectivity index (χ0) is 21.7. The largest absolute Gasteiger partial charge is 0.497 e. The molecule has 0 bridgehead atoms. The lowest BCUT2D eigenvalue weighted by Crippen LogP contribution is -2.20. The minimum atomic E-state index is -0.399. The quantitative estimate of drug-likeness (QED) is 0.533. The third kappa shape index (κ3) is 5.07. The van der Waals surface area contributed by atoms with Crippen LogP contribution in [-0.4, -0.2) is 52.1 Å². The summed E-state index contributed by atoms with van der Waals surface area (Å²) < 4.78 is 11.8. The van der Waals surface area contributed by atoms with Crippen molar-refractivity contribution in [1.82, 2.24) is 14.6 Å². The van der Waals surface area contributed by atoms with Crippen LogP contribution in [0.4, 0.5) is 11.5 Å². The lowest BCUT2D eigenvalue weighted by atomic mass is 10.2. The van der Waals surface area contributed by atoms with Gasteiger partial charge in [0, 0.05) is 11.4 Å². The van der Waals surface area contributed by atoms with Gasteiger partial charge in [-0.3, -0.25) is 14.4 Å². The van der Waals surface area contributed by atoms with Crippen LogP contribution in [0, 0.1) is 6.92 Å². The van der Waals surface area contributed by atoms with E-state index in [0.717, 1.165) is 11.8 Å². The van der Waals surface area contributed by atoms with Gasteiger partial charge in [-0.05, 0) is 19.1 Å². The maximum absolute atomic E-state index is 12.2. The Morgan fingerprint density at radius 3 is 2.60 bits per heavy atom. The van der Waals surface area contributed by atoms with Crippen LogP contribution in [0.15, 0.2) is 28.4 Å². The molecule has 0 aliphatic heterocycles. The zero-order valence-electron chi connectivity index (χ0n) is 16.4. The molecule has 30 heavy (non-hydrogen) atoms. The van der Waals surface area contributed by atoms with Gasteiger partial charge < -0.3 is 20.1 Å². The van der Waals surface area contributed by atoms with Gasteiger partial charge in [0.25, 0.3) is 5.56 Å². The molecule has 2 amide bonds. The number of aryl methyl sites for hydroxylation is 1. The Morgan fingerprint density at radius 2 is 1.90 bits per heavy atom. The first-order valence-corrected chi connectivity index (χ1v) is 10.7. The lowest BCUT2D eigenvalue weighted by molar-refractivity contribution is -0.114. The number of ether oxygens (including phenoxy) is 2. The van der Waals surface area contributed by atoms with Crippen LogP contribution in [0.3, 0.4) is 0 Å². The highest BCUT2D eigenvalue weighted by atomic mass is 32.2. The molecule has 0 aliphatic rings. The van der Waals surface area contributed by atoms with E-state index in [1.807, 2.05) is 0 Å². The van der Waals surface area contributed by atoms with Crippen molar-refractivity contribution in [2.24, 2.45) is 0 Å². The van der Waals surface area contributed by atoms with E-state index in [-0.39, 0.29) is 29.0 Å². The molecule has 0 fully saturated rings. The van der Waals surface area contributed by atoms with E-state index in [1.165, 1.54) is 30.1 Å². The minimum absolute atomic E-state index is 0.0621. The topological polar surface area (TPSA) is 124 Å². The van der Waals surface area contributed by atoms with Crippen LogP contribution < -0.4 is 25.7 Å². The second kappa shape index (κ2) is 9.59. The summed E-state index contributed by atoms with van der Waals surface area (Å²) in [5.41, 5.74) is 0.323. The molecule has 12 heteroatoms. The highest BCUT2D eigenvalue weighted by Crippen LogP contribution is 2.29. The molecule has 0 atom stereocenters. The fraction of sp³-hybridized carbons (Fsp3) is 0.278. The standard InChI is InChI=1S/C18H19N5O5S2/c1-10-17(26)21-18-23(22-10)14(7-30-18)20-16(25)9-29-8-15(24)19-12-6-11(27-2)4-5-13(12)28-3/h4-7H,8-9H2,1-3H3,(H,19,24)(H,20,25). The van der Waals surface area contributed by atoms with Crippen LogP contribution in [0.5, 0.6) is 11.5 Å². The van der Waals surface area contributed by atoms with Gasteiger partial charge in [0.05, 0.1) is 31.4 Å². The number of benzene rings is 1. The molecule has 3 aromatic rings. The van der Waals surface area contributed by atoms with Gasteiger partial charge in [0.1, 0.15) is 23.0 Å². The van der Waals surface area contributed by atoms with Crippen molar-refractivity contribution in [3.05, 3.63) is 39.6 Å². The third-order valence-electron chi connectivity index (χ3n) is 3.86.